The molecule has 2 saturated heterocycles. The smallest absolute Gasteiger partial charge is 0.231 e. The van der Waals surface area contributed by atoms with Crippen LogP contribution in [0.1, 0.15) is 18.5 Å². The molecule has 2 aliphatic heterocycles. The van der Waals surface area contributed by atoms with Crippen LogP contribution in [0.3, 0.4) is 0 Å². The summed E-state index contributed by atoms with van der Waals surface area (Å²) in [7, 11) is 0. The third-order valence-electron chi connectivity index (χ3n) is 6.37. The fourth-order valence-electron chi connectivity index (χ4n) is 4.73. The van der Waals surface area contributed by atoms with Crippen molar-refractivity contribution < 1.29 is 4.79 Å². The average Bonchev–Trinajstić information content (AvgIpc) is 3.25. The van der Waals surface area contributed by atoms with Crippen LogP contribution in [0.25, 0.3) is 5.65 Å². The van der Waals surface area contributed by atoms with Crippen LogP contribution in [0.5, 0.6) is 0 Å². The van der Waals surface area contributed by atoms with Crippen LogP contribution in [0.15, 0.2) is 48.5 Å². The third-order valence-corrected chi connectivity index (χ3v) is 6.37. The molecule has 7 nitrogen and oxygen atoms in total. The Morgan fingerprint density at radius 2 is 1.70 bits per heavy atom. The molecule has 7 heteroatoms. The van der Waals surface area contributed by atoms with Gasteiger partial charge in [-0.05, 0) is 44.0 Å². The first-order valence-corrected chi connectivity index (χ1v) is 10.9. The van der Waals surface area contributed by atoms with E-state index in [0.717, 1.165) is 62.9 Å². The van der Waals surface area contributed by atoms with Crippen LogP contribution in [-0.4, -0.2) is 64.7 Å². The number of hydrogen-bond acceptors (Lipinski definition) is 5. The Labute approximate surface area is 176 Å². The number of rotatable bonds is 3. The molecule has 1 aromatic carbocycles. The van der Waals surface area contributed by atoms with E-state index in [1.807, 2.05) is 18.2 Å². The second-order valence-electron chi connectivity index (χ2n) is 8.29. The van der Waals surface area contributed by atoms with Crippen molar-refractivity contribution in [3.05, 3.63) is 54.2 Å². The van der Waals surface area contributed by atoms with Crippen LogP contribution in [-0.2, 0) is 4.79 Å². The van der Waals surface area contributed by atoms with Gasteiger partial charge in [-0.25, -0.2) is 0 Å². The van der Waals surface area contributed by atoms with Crippen molar-refractivity contribution in [3.8, 4) is 0 Å². The van der Waals surface area contributed by atoms with Crippen molar-refractivity contribution in [2.75, 3.05) is 49.1 Å². The second kappa shape index (κ2) is 7.97. The molecule has 2 aromatic heterocycles. The monoisotopic (exact) mass is 404 g/mol. The van der Waals surface area contributed by atoms with Crippen molar-refractivity contribution in [2.45, 2.75) is 19.8 Å². The van der Waals surface area contributed by atoms with E-state index in [0.29, 0.717) is 6.54 Å². The molecule has 3 aromatic rings. The highest BCUT2D eigenvalue weighted by Gasteiger charge is 2.32. The van der Waals surface area contributed by atoms with Gasteiger partial charge in [-0.1, -0.05) is 24.3 Å². The molecule has 5 rings (SSSR count). The van der Waals surface area contributed by atoms with Gasteiger partial charge in [-0.3, -0.25) is 9.20 Å². The number of para-hydroxylation sites is 1. The topological polar surface area (TPSA) is 57.0 Å². The van der Waals surface area contributed by atoms with Crippen LogP contribution < -0.4 is 9.80 Å². The standard InChI is InChI=1S/C23H28N6O/c1-18-7-5-11-21-24-25-23(29(18)21)28-12-6-8-19(17-28)22(30)27-15-13-26(14-16-27)20-9-3-2-4-10-20/h2-5,7,9-11,19H,6,8,12-17H2,1H3. The summed E-state index contributed by atoms with van der Waals surface area (Å²) in [5, 5.41) is 8.76. The maximum absolute atomic E-state index is 13.3. The summed E-state index contributed by atoms with van der Waals surface area (Å²) >= 11 is 0. The quantitative estimate of drug-likeness (QED) is 0.672. The van der Waals surface area contributed by atoms with Crippen LogP contribution in [0, 0.1) is 12.8 Å². The molecule has 2 fully saturated rings. The number of amides is 1. The lowest BCUT2D eigenvalue weighted by atomic mass is 9.96. The van der Waals surface area contributed by atoms with E-state index in [-0.39, 0.29) is 11.8 Å². The van der Waals surface area contributed by atoms with Gasteiger partial charge in [0.2, 0.25) is 11.9 Å². The minimum absolute atomic E-state index is 0.0263. The summed E-state index contributed by atoms with van der Waals surface area (Å²) in [6.45, 7) is 7.06. The molecular weight excluding hydrogens is 376 g/mol. The Hall–Kier alpha value is -3.09. The van der Waals surface area contributed by atoms with Gasteiger partial charge in [0, 0.05) is 50.6 Å². The zero-order chi connectivity index (χ0) is 20.5. The summed E-state index contributed by atoms with van der Waals surface area (Å²) in [4.78, 5) is 19.9. The predicted molar refractivity (Wildman–Crippen MR) is 118 cm³/mol. The SMILES string of the molecule is Cc1cccc2nnc(N3CCCC(C(=O)N4CCN(c5ccccc5)CC4)C3)n12. The maximum Gasteiger partial charge on any atom is 0.231 e. The van der Waals surface area contributed by atoms with E-state index in [1.54, 1.807) is 0 Å². The number of hydrogen-bond donors (Lipinski definition) is 0. The van der Waals surface area contributed by atoms with E-state index < -0.39 is 0 Å². The van der Waals surface area contributed by atoms with Crippen LogP contribution in [0.2, 0.25) is 0 Å². The van der Waals surface area contributed by atoms with Crippen molar-refractivity contribution in [3.63, 3.8) is 0 Å². The molecule has 1 unspecified atom stereocenters. The zero-order valence-electron chi connectivity index (χ0n) is 17.4. The maximum atomic E-state index is 13.3. The van der Waals surface area contributed by atoms with E-state index in [4.69, 9.17) is 0 Å². The summed E-state index contributed by atoms with van der Waals surface area (Å²) in [6.07, 6.45) is 1.95. The van der Waals surface area contributed by atoms with Gasteiger partial charge in [-0.2, -0.15) is 0 Å². The molecule has 156 valence electrons. The number of benzene rings is 1. The number of aromatic nitrogens is 3. The van der Waals surface area contributed by atoms with Crippen LogP contribution in [0.4, 0.5) is 11.6 Å². The minimum Gasteiger partial charge on any atom is -0.368 e. The molecule has 0 spiro atoms. The van der Waals surface area contributed by atoms with Gasteiger partial charge in [0.1, 0.15) is 0 Å². The number of pyridine rings is 1. The lowest BCUT2D eigenvalue weighted by Gasteiger charge is -2.39. The number of carbonyl (C=O) groups excluding carboxylic acids is 1. The Morgan fingerprint density at radius 1 is 0.900 bits per heavy atom. The first-order chi connectivity index (χ1) is 14.7. The molecule has 0 radical (unpaired) electrons. The molecule has 1 amide bonds. The zero-order valence-corrected chi connectivity index (χ0v) is 17.4. The molecule has 0 bridgehead atoms. The molecule has 0 saturated carbocycles. The lowest BCUT2D eigenvalue weighted by molar-refractivity contribution is -0.136. The molecule has 0 N–H and O–H groups in total. The molecule has 4 heterocycles. The van der Waals surface area contributed by atoms with E-state index in [9.17, 15) is 4.79 Å². The highest BCUT2D eigenvalue weighted by molar-refractivity contribution is 5.80. The summed E-state index contributed by atoms with van der Waals surface area (Å²) in [5.41, 5.74) is 3.20. The van der Waals surface area contributed by atoms with Gasteiger partial charge in [0.25, 0.3) is 0 Å². The van der Waals surface area contributed by atoms with Gasteiger partial charge >= 0.3 is 0 Å². The first-order valence-electron chi connectivity index (χ1n) is 10.9. The first kappa shape index (κ1) is 18.9. The highest BCUT2D eigenvalue weighted by Crippen LogP contribution is 2.25. The Balaban J connectivity index is 1.25. The van der Waals surface area contributed by atoms with Crippen LogP contribution >= 0.6 is 0 Å². The van der Waals surface area contributed by atoms with Gasteiger partial charge in [0.15, 0.2) is 5.65 Å². The van der Waals surface area contributed by atoms with Gasteiger partial charge in [0.05, 0.1) is 5.92 Å². The lowest BCUT2D eigenvalue weighted by Crippen LogP contribution is -2.52. The summed E-state index contributed by atoms with van der Waals surface area (Å²) in [6, 6.07) is 16.5. The third kappa shape index (κ3) is 3.49. The summed E-state index contributed by atoms with van der Waals surface area (Å²) in [5.74, 6) is 1.17. The number of fused-ring (bicyclic) bond motifs is 1. The predicted octanol–water partition coefficient (Wildman–Crippen LogP) is 2.60. The molecule has 2 aliphatic rings. The van der Waals surface area contributed by atoms with Crippen molar-refractivity contribution in [2.24, 2.45) is 5.92 Å². The molecule has 30 heavy (non-hydrogen) atoms. The number of piperidine rings is 1. The number of aryl methyl sites for hydroxylation is 1. The van der Waals surface area contributed by atoms with E-state index in [1.165, 1.54) is 5.69 Å². The number of carbonyl (C=O) groups is 1. The highest BCUT2D eigenvalue weighted by atomic mass is 16.2. The Morgan fingerprint density at radius 3 is 2.50 bits per heavy atom. The largest absolute Gasteiger partial charge is 0.368 e. The number of piperazine rings is 1. The Kier molecular flexibility index (Phi) is 5.02. The molecule has 1 atom stereocenters. The fraction of sp³-hybridized carbons (Fsp3) is 0.435. The molecule has 0 aliphatic carbocycles. The minimum atomic E-state index is 0.0263. The fourth-order valence-corrected chi connectivity index (χ4v) is 4.73. The van der Waals surface area contributed by atoms with Crippen molar-refractivity contribution >= 4 is 23.2 Å². The van der Waals surface area contributed by atoms with Crippen molar-refractivity contribution in [1.82, 2.24) is 19.5 Å². The van der Waals surface area contributed by atoms with E-state index in [2.05, 4.69) is 66.6 Å². The number of nitrogens with zero attached hydrogens (tertiary/aromatic N) is 6. The summed E-state index contributed by atoms with van der Waals surface area (Å²) < 4.78 is 2.09. The Bertz CT molecular complexity index is 1020. The van der Waals surface area contributed by atoms with Gasteiger partial charge < -0.3 is 14.7 Å². The molecular formula is C23H28N6O. The number of anilines is 2. The normalized spacial score (nSPS) is 20.0. The van der Waals surface area contributed by atoms with Crippen molar-refractivity contribution in [1.29, 1.82) is 0 Å². The second-order valence-corrected chi connectivity index (χ2v) is 8.29. The van der Waals surface area contributed by atoms with Gasteiger partial charge in [-0.15, -0.1) is 10.2 Å². The van der Waals surface area contributed by atoms with E-state index >= 15 is 0 Å². The average molecular weight is 405 g/mol.